The molecule has 3 aliphatic heterocycles. The molecule has 0 saturated heterocycles. The SMILES string of the molecule is C[Si]1(C)c2cc(N(c3ccc(-c4ccc5ccccc5c4)cc3)c3ccccc3-c3ccccc3)ccc2-c2ccc3c(oc4ccccc43)c21.C[Si]1(C)c2cc(N(c3ccccc3)c3ccc(-c4ccc5ccccc5c4)cc3)ccc2-c2ccc3c(oc4ccccc43)c21.C[Si]1(C)c2cc(N(c3ccccc3)c3ccc(-c4cccc5ccccc45)cc3)ccc2-c2ccc3c(oc4ccccc43)c21. The average molecular weight is 1860 g/mol. The molecule has 0 N–H and O–H groups in total. The van der Waals surface area contributed by atoms with Crippen LogP contribution in [0.1, 0.15) is 0 Å². The summed E-state index contributed by atoms with van der Waals surface area (Å²) in [5, 5.41) is 23.4. The fourth-order valence-electron chi connectivity index (χ4n) is 23.2. The molecule has 0 amide bonds. The van der Waals surface area contributed by atoms with E-state index in [0.717, 1.165) is 73.3 Å². The smallest absolute Gasteiger partial charge is 0.135 e. The van der Waals surface area contributed by atoms with Gasteiger partial charge in [-0.15, -0.1) is 0 Å². The zero-order valence-electron chi connectivity index (χ0n) is 79.2. The second-order valence-electron chi connectivity index (χ2n) is 39.3. The molecule has 0 unspecified atom stereocenters. The first-order valence-electron chi connectivity index (χ1n) is 48.9. The minimum absolute atomic E-state index is 0.957. The summed E-state index contributed by atoms with van der Waals surface area (Å²) >= 11 is 0. The van der Waals surface area contributed by atoms with Crippen molar-refractivity contribution in [2.75, 3.05) is 14.7 Å². The number of rotatable bonds is 13. The van der Waals surface area contributed by atoms with E-state index in [2.05, 4.69) is 533 Å². The van der Waals surface area contributed by atoms with Crippen LogP contribution in [-0.2, 0) is 0 Å². The number of hydrogen-bond donors (Lipinski definition) is 0. The van der Waals surface area contributed by atoms with Crippen LogP contribution in [0, 0.1) is 0 Å². The standard InChI is InChI=1S/C48H35NOSi.2C42H31NOSi/c1-51(2)46-31-38(26-27-41(46)43-29-28-42-40-17-9-11-19-45(40)50-47(42)48(43)51)49(44-18-10-8-16-39(44)34-13-4-3-5-14-34)37-24-22-33(23-25-37)36-21-20-32-12-6-7-15-35(32)30-36;1-45(2)40-27-32(23-24-36(40)38-26-25-37-35-16-8-9-18-39(35)44-41(37)42(38)45)43(30-13-4-3-5-14-30)31-21-19-29(20-22-31)34-17-10-12-28-11-6-7-15-33(28)34;1-45(2)40-27-34(22-23-36(40)38-25-24-37-35-14-8-9-15-39(35)44-41(37)42(38)45)43(32-12-4-3-5-13-32)33-20-18-29(19-21-33)31-17-16-28-10-6-7-11-30(28)26-31/h3-31H,1-2H3;2*3-27H,1-2H3. The number of para-hydroxylation sites is 6. The van der Waals surface area contributed by atoms with Gasteiger partial charge in [0, 0.05) is 83.4 Å². The normalized spacial score (nSPS) is 13.2. The van der Waals surface area contributed by atoms with E-state index in [1.165, 1.54) is 185 Å². The molecular weight excluding hydrogens is 1760 g/mol. The van der Waals surface area contributed by atoms with Gasteiger partial charge < -0.3 is 28.0 Å². The van der Waals surface area contributed by atoms with Gasteiger partial charge in [-0.1, -0.05) is 367 Å². The van der Waals surface area contributed by atoms with Gasteiger partial charge in [-0.2, -0.15) is 0 Å². The summed E-state index contributed by atoms with van der Waals surface area (Å²) in [6, 6.07) is 174. The second kappa shape index (κ2) is 33.8. The molecular formula is C132H97N3O3Si3. The van der Waals surface area contributed by atoms with Gasteiger partial charge in [0.2, 0.25) is 0 Å². The summed E-state index contributed by atoms with van der Waals surface area (Å²) in [5.74, 6) is 0. The molecule has 25 aromatic rings. The molecule has 670 valence electrons. The summed E-state index contributed by atoms with van der Waals surface area (Å²) in [5.41, 5.74) is 34.1. The topological polar surface area (TPSA) is 49.1 Å². The Hall–Kier alpha value is -16.9. The Morgan fingerprint density at radius 2 is 0.454 bits per heavy atom. The van der Waals surface area contributed by atoms with Crippen LogP contribution >= 0.6 is 0 Å². The summed E-state index contributed by atoms with van der Waals surface area (Å²) < 4.78 is 19.8. The first-order valence-corrected chi connectivity index (χ1v) is 57.9. The number of benzene rings is 22. The van der Waals surface area contributed by atoms with Crippen molar-refractivity contribution in [1.29, 1.82) is 0 Å². The van der Waals surface area contributed by atoms with Crippen LogP contribution in [-0.4, -0.2) is 24.2 Å². The fraction of sp³-hybridized carbons (Fsp3) is 0.0455. The van der Waals surface area contributed by atoms with Crippen LogP contribution in [0.3, 0.4) is 0 Å². The zero-order valence-corrected chi connectivity index (χ0v) is 82.2. The highest BCUT2D eigenvalue weighted by atomic mass is 28.3. The third-order valence-corrected chi connectivity index (χ3v) is 40.6. The predicted octanol–water partition coefficient (Wildman–Crippen LogP) is 33.7. The lowest BCUT2D eigenvalue weighted by Crippen LogP contribution is -2.49. The predicted molar refractivity (Wildman–Crippen MR) is 606 cm³/mol. The van der Waals surface area contributed by atoms with Crippen molar-refractivity contribution in [3.8, 4) is 77.9 Å². The van der Waals surface area contributed by atoms with Gasteiger partial charge in [0.15, 0.2) is 0 Å². The number of furan rings is 3. The molecule has 0 spiro atoms. The van der Waals surface area contributed by atoms with Crippen molar-refractivity contribution in [2.45, 2.75) is 39.3 Å². The van der Waals surface area contributed by atoms with Crippen molar-refractivity contribution in [2.24, 2.45) is 0 Å². The Labute approximate surface area is 822 Å². The fourth-order valence-corrected chi connectivity index (χ4v) is 33.1. The van der Waals surface area contributed by atoms with E-state index in [0.29, 0.717) is 0 Å². The second-order valence-corrected chi connectivity index (χ2v) is 52.2. The molecule has 6 nitrogen and oxygen atoms in total. The minimum atomic E-state index is -2.16. The molecule has 0 fully saturated rings. The first kappa shape index (κ1) is 84.6. The van der Waals surface area contributed by atoms with Gasteiger partial charge in [-0.25, -0.2) is 0 Å². The van der Waals surface area contributed by atoms with Crippen LogP contribution in [0.5, 0.6) is 0 Å². The van der Waals surface area contributed by atoms with Crippen LogP contribution in [0.25, 0.3) is 176 Å². The van der Waals surface area contributed by atoms with E-state index in [-0.39, 0.29) is 0 Å². The van der Waals surface area contributed by atoms with Crippen molar-refractivity contribution >= 4 is 205 Å². The Morgan fingerprint density at radius 1 is 0.163 bits per heavy atom. The monoisotopic (exact) mass is 1860 g/mol. The molecule has 28 rings (SSSR count). The average Bonchev–Trinajstić information content (AvgIpc) is 1.55. The lowest BCUT2D eigenvalue weighted by molar-refractivity contribution is 0.671. The molecule has 3 aromatic heterocycles. The summed E-state index contributed by atoms with van der Waals surface area (Å²) in [6.45, 7) is 14.8. The van der Waals surface area contributed by atoms with Gasteiger partial charge in [0.1, 0.15) is 57.7 Å². The Kier molecular flexibility index (Phi) is 20.2. The molecule has 22 aromatic carbocycles. The lowest BCUT2D eigenvalue weighted by atomic mass is 9.98. The third kappa shape index (κ3) is 14.2. The van der Waals surface area contributed by atoms with E-state index < -0.39 is 24.2 Å². The van der Waals surface area contributed by atoms with Crippen LogP contribution < -0.4 is 45.8 Å². The van der Waals surface area contributed by atoms with E-state index in [1.807, 2.05) is 0 Å². The van der Waals surface area contributed by atoms with Crippen molar-refractivity contribution in [1.82, 2.24) is 0 Å². The Bertz CT molecular complexity index is 9270. The largest absolute Gasteiger partial charge is 0.456 e. The van der Waals surface area contributed by atoms with Crippen LogP contribution in [0.15, 0.2) is 492 Å². The highest BCUT2D eigenvalue weighted by Crippen LogP contribution is 2.49. The highest BCUT2D eigenvalue weighted by Gasteiger charge is 2.45. The molecule has 3 aliphatic rings. The number of hydrogen-bond acceptors (Lipinski definition) is 6. The van der Waals surface area contributed by atoms with Crippen molar-refractivity contribution in [3.63, 3.8) is 0 Å². The van der Waals surface area contributed by atoms with Gasteiger partial charge in [-0.3, -0.25) is 0 Å². The minimum Gasteiger partial charge on any atom is -0.456 e. The first-order chi connectivity index (χ1) is 69.2. The molecule has 0 bridgehead atoms. The maximum absolute atomic E-state index is 6.64. The summed E-state index contributed by atoms with van der Waals surface area (Å²) in [7, 11) is -6.33. The van der Waals surface area contributed by atoms with Crippen LogP contribution in [0.4, 0.5) is 51.2 Å². The lowest BCUT2D eigenvalue weighted by Gasteiger charge is -2.29. The van der Waals surface area contributed by atoms with E-state index in [9.17, 15) is 0 Å². The Balaban J connectivity index is 0.000000109. The molecule has 6 heterocycles. The number of anilines is 9. The number of nitrogens with zero attached hydrogens (tertiary/aromatic N) is 3. The zero-order chi connectivity index (χ0) is 94.4. The van der Waals surface area contributed by atoms with Crippen molar-refractivity contribution < 1.29 is 13.3 Å². The number of fused-ring (bicyclic) bond motifs is 24. The quantitative estimate of drug-likeness (QED) is 0.107. The third-order valence-electron chi connectivity index (χ3n) is 30.1. The molecule has 0 radical (unpaired) electrons. The molecule has 0 saturated carbocycles. The maximum Gasteiger partial charge on any atom is 0.135 e. The van der Waals surface area contributed by atoms with Gasteiger partial charge >= 0.3 is 0 Å². The van der Waals surface area contributed by atoms with Crippen LogP contribution in [0.2, 0.25) is 39.3 Å². The molecule has 9 heteroatoms. The maximum atomic E-state index is 6.64. The van der Waals surface area contributed by atoms with E-state index >= 15 is 0 Å². The molecule has 0 atom stereocenters. The summed E-state index contributed by atoms with van der Waals surface area (Å²) in [6.07, 6.45) is 0. The van der Waals surface area contributed by atoms with E-state index in [1.54, 1.807) is 0 Å². The van der Waals surface area contributed by atoms with E-state index in [4.69, 9.17) is 13.3 Å². The Morgan fingerprint density at radius 3 is 0.879 bits per heavy atom. The highest BCUT2D eigenvalue weighted by molar-refractivity contribution is 7.06. The van der Waals surface area contributed by atoms with Crippen molar-refractivity contribution in [3.05, 3.63) is 479 Å². The molecule has 141 heavy (non-hydrogen) atoms. The van der Waals surface area contributed by atoms with Gasteiger partial charge in [0.25, 0.3) is 0 Å². The summed E-state index contributed by atoms with van der Waals surface area (Å²) in [4.78, 5) is 7.21. The van der Waals surface area contributed by atoms with Gasteiger partial charge in [0.05, 0.1) is 5.69 Å². The van der Waals surface area contributed by atoms with Gasteiger partial charge in [-0.05, 0) is 287 Å². The molecule has 0 aliphatic carbocycles.